The van der Waals surface area contributed by atoms with E-state index in [0.29, 0.717) is 5.56 Å². The number of benzene rings is 1. The summed E-state index contributed by atoms with van der Waals surface area (Å²) in [5.41, 5.74) is 0.651. The molecule has 0 saturated heterocycles. The fraction of sp³-hybridized carbons (Fsp3) is 0. The first-order chi connectivity index (χ1) is 5.24. The molecule has 2 N–H and O–H groups in total. The van der Waals surface area contributed by atoms with Gasteiger partial charge in [0.15, 0.2) is 0 Å². The highest BCUT2D eigenvalue weighted by molar-refractivity contribution is 5.58. The minimum atomic E-state index is 0.0590. The minimum Gasteiger partial charge on any atom is -0.508 e. The third-order valence-corrected chi connectivity index (χ3v) is 1.31. The van der Waals surface area contributed by atoms with Gasteiger partial charge in [-0.2, -0.15) is 0 Å². The Morgan fingerprint density at radius 3 is 2.55 bits per heavy atom. The molecule has 0 atom stereocenters. The monoisotopic (exact) mass is 149 g/mol. The van der Waals surface area contributed by atoms with Gasteiger partial charge in [-0.3, -0.25) is 0 Å². The van der Waals surface area contributed by atoms with Crippen molar-refractivity contribution >= 4 is 6.08 Å². The standard InChI is InChI=1S/C9H9O2/c1-2-3-7-4-5-8(10)6-9(7)11/h2-6,10-11H,1H2. The summed E-state index contributed by atoms with van der Waals surface area (Å²) in [6.07, 6.45) is 3.24. The highest BCUT2D eigenvalue weighted by atomic mass is 16.3. The smallest absolute Gasteiger partial charge is 0.126 e. The van der Waals surface area contributed by atoms with Crippen molar-refractivity contribution < 1.29 is 10.2 Å². The maximum Gasteiger partial charge on any atom is 0.126 e. The number of hydrogen-bond acceptors (Lipinski definition) is 2. The van der Waals surface area contributed by atoms with Crippen LogP contribution in [0.2, 0.25) is 0 Å². The summed E-state index contributed by atoms with van der Waals surface area (Å²) in [5.74, 6) is 0.119. The predicted molar refractivity (Wildman–Crippen MR) is 44.2 cm³/mol. The molecule has 0 heterocycles. The number of hydrogen-bond donors (Lipinski definition) is 2. The second kappa shape index (κ2) is 3.10. The Bertz CT molecular complexity index is 277. The first kappa shape index (κ1) is 7.66. The molecule has 11 heavy (non-hydrogen) atoms. The Morgan fingerprint density at radius 2 is 2.00 bits per heavy atom. The van der Waals surface area contributed by atoms with E-state index in [1.807, 2.05) is 0 Å². The van der Waals surface area contributed by atoms with E-state index in [0.717, 1.165) is 0 Å². The van der Waals surface area contributed by atoms with Crippen molar-refractivity contribution in [3.05, 3.63) is 36.8 Å². The van der Waals surface area contributed by atoms with Crippen molar-refractivity contribution in [2.24, 2.45) is 0 Å². The summed E-state index contributed by atoms with van der Waals surface area (Å²) in [4.78, 5) is 0. The van der Waals surface area contributed by atoms with Gasteiger partial charge < -0.3 is 10.2 Å². The molecule has 1 aromatic carbocycles. The third-order valence-electron chi connectivity index (χ3n) is 1.31. The average Bonchev–Trinajstić information content (AvgIpc) is 1.95. The molecule has 0 bridgehead atoms. The fourth-order valence-corrected chi connectivity index (χ4v) is 0.800. The molecule has 2 nitrogen and oxygen atoms in total. The number of phenols is 2. The highest BCUT2D eigenvalue weighted by Gasteiger charge is 1.96. The van der Waals surface area contributed by atoms with Crippen LogP contribution in [-0.4, -0.2) is 10.2 Å². The van der Waals surface area contributed by atoms with Crippen LogP contribution in [0.4, 0.5) is 0 Å². The molecule has 0 aliphatic heterocycles. The van der Waals surface area contributed by atoms with E-state index < -0.39 is 0 Å². The second-order valence-corrected chi connectivity index (χ2v) is 2.15. The lowest BCUT2D eigenvalue weighted by Gasteiger charge is -1.98. The Hall–Kier alpha value is -1.44. The van der Waals surface area contributed by atoms with Gasteiger partial charge in [-0.25, -0.2) is 0 Å². The van der Waals surface area contributed by atoms with Crippen molar-refractivity contribution in [2.45, 2.75) is 0 Å². The SMILES string of the molecule is [CH2]C=Cc1ccc(O)cc1O. The molecule has 0 saturated carbocycles. The lowest BCUT2D eigenvalue weighted by molar-refractivity contribution is 0.450. The summed E-state index contributed by atoms with van der Waals surface area (Å²) in [7, 11) is 0. The lowest BCUT2D eigenvalue weighted by atomic mass is 10.2. The van der Waals surface area contributed by atoms with Gasteiger partial charge in [-0.15, -0.1) is 0 Å². The Kier molecular flexibility index (Phi) is 2.16. The van der Waals surface area contributed by atoms with Crippen LogP contribution >= 0.6 is 0 Å². The first-order valence-electron chi connectivity index (χ1n) is 3.22. The Labute approximate surface area is 65.4 Å². The van der Waals surface area contributed by atoms with Gasteiger partial charge in [0.05, 0.1) is 0 Å². The molecule has 2 heteroatoms. The molecule has 0 aliphatic carbocycles. The topological polar surface area (TPSA) is 40.5 Å². The second-order valence-electron chi connectivity index (χ2n) is 2.15. The van der Waals surface area contributed by atoms with Crippen LogP contribution in [0.3, 0.4) is 0 Å². The van der Waals surface area contributed by atoms with E-state index in [1.165, 1.54) is 12.1 Å². The van der Waals surface area contributed by atoms with E-state index in [2.05, 4.69) is 6.92 Å². The van der Waals surface area contributed by atoms with Crippen LogP contribution in [0.25, 0.3) is 6.08 Å². The molecule has 0 aliphatic rings. The highest BCUT2D eigenvalue weighted by Crippen LogP contribution is 2.23. The molecular formula is C9H9O2. The molecule has 0 spiro atoms. The van der Waals surface area contributed by atoms with Crippen molar-refractivity contribution in [1.82, 2.24) is 0 Å². The van der Waals surface area contributed by atoms with Gasteiger partial charge in [-0.1, -0.05) is 12.2 Å². The first-order valence-corrected chi connectivity index (χ1v) is 3.22. The molecule has 1 radical (unpaired) electrons. The number of aromatic hydroxyl groups is 2. The van der Waals surface area contributed by atoms with Gasteiger partial charge in [-0.05, 0) is 19.1 Å². The van der Waals surface area contributed by atoms with Crippen molar-refractivity contribution in [3.63, 3.8) is 0 Å². The molecule has 1 aromatic rings. The van der Waals surface area contributed by atoms with Crippen molar-refractivity contribution in [3.8, 4) is 11.5 Å². The molecule has 0 aromatic heterocycles. The van der Waals surface area contributed by atoms with E-state index >= 15 is 0 Å². The van der Waals surface area contributed by atoms with Gasteiger partial charge in [0.1, 0.15) is 11.5 Å². The number of rotatable bonds is 1. The summed E-state index contributed by atoms with van der Waals surface area (Å²) < 4.78 is 0. The van der Waals surface area contributed by atoms with Crippen LogP contribution < -0.4 is 0 Å². The summed E-state index contributed by atoms with van der Waals surface area (Å²) >= 11 is 0. The zero-order chi connectivity index (χ0) is 8.27. The maximum atomic E-state index is 9.18. The van der Waals surface area contributed by atoms with Crippen molar-refractivity contribution in [1.29, 1.82) is 0 Å². The fourth-order valence-electron chi connectivity index (χ4n) is 0.800. The molecule has 0 amide bonds. The Morgan fingerprint density at radius 1 is 1.27 bits per heavy atom. The van der Waals surface area contributed by atoms with E-state index in [1.54, 1.807) is 18.2 Å². The zero-order valence-corrected chi connectivity index (χ0v) is 5.99. The summed E-state index contributed by atoms with van der Waals surface area (Å²) in [6, 6.07) is 4.41. The van der Waals surface area contributed by atoms with Crippen molar-refractivity contribution in [2.75, 3.05) is 0 Å². The third kappa shape index (κ3) is 1.74. The average molecular weight is 149 g/mol. The zero-order valence-electron chi connectivity index (χ0n) is 5.99. The number of phenolic OH excluding ortho intramolecular Hbond substituents is 2. The van der Waals surface area contributed by atoms with E-state index in [-0.39, 0.29) is 11.5 Å². The van der Waals surface area contributed by atoms with Crippen LogP contribution in [-0.2, 0) is 0 Å². The summed E-state index contributed by atoms with van der Waals surface area (Å²) in [5, 5.41) is 18.1. The Balaban J connectivity index is 3.09. The molecule has 57 valence electrons. The molecule has 0 fully saturated rings. The molecular weight excluding hydrogens is 140 g/mol. The van der Waals surface area contributed by atoms with E-state index in [4.69, 9.17) is 5.11 Å². The normalized spacial score (nSPS) is 10.6. The van der Waals surface area contributed by atoms with Crippen LogP contribution in [0.1, 0.15) is 5.56 Å². The van der Waals surface area contributed by atoms with Gasteiger partial charge in [0, 0.05) is 11.6 Å². The maximum absolute atomic E-state index is 9.18. The van der Waals surface area contributed by atoms with Crippen LogP contribution in [0, 0.1) is 6.92 Å². The quantitative estimate of drug-likeness (QED) is 0.640. The molecule has 1 rings (SSSR count). The van der Waals surface area contributed by atoms with Crippen LogP contribution in [0.15, 0.2) is 24.3 Å². The van der Waals surface area contributed by atoms with E-state index in [9.17, 15) is 5.11 Å². The van der Waals surface area contributed by atoms with Gasteiger partial charge >= 0.3 is 0 Å². The van der Waals surface area contributed by atoms with Gasteiger partial charge in [0.25, 0.3) is 0 Å². The summed E-state index contributed by atoms with van der Waals surface area (Å²) in [6.45, 7) is 3.49. The van der Waals surface area contributed by atoms with Crippen LogP contribution in [0.5, 0.6) is 11.5 Å². The number of allylic oxidation sites excluding steroid dienone is 1. The van der Waals surface area contributed by atoms with Gasteiger partial charge in [0.2, 0.25) is 0 Å². The minimum absolute atomic E-state index is 0.0590. The molecule has 0 unspecified atom stereocenters. The largest absolute Gasteiger partial charge is 0.508 e. The lowest BCUT2D eigenvalue weighted by Crippen LogP contribution is -1.73. The predicted octanol–water partition coefficient (Wildman–Crippen LogP) is 1.95.